The minimum atomic E-state index is -1.22. The molecule has 0 fully saturated rings. The second-order valence-electron chi connectivity index (χ2n) is 12.9. The number of aromatic nitrogens is 1. The van der Waals surface area contributed by atoms with Crippen molar-refractivity contribution in [3.63, 3.8) is 0 Å². The van der Waals surface area contributed by atoms with Gasteiger partial charge in [-0.15, -0.1) is 0 Å². The average Bonchev–Trinajstić information content (AvgIpc) is 3.17. The molecule has 0 unspecified atom stereocenters. The van der Waals surface area contributed by atoms with E-state index in [0.717, 1.165) is 13.1 Å². The van der Waals surface area contributed by atoms with Crippen molar-refractivity contribution in [1.29, 1.82) is 0 Å². The van der Waals surface area contributed by atoms with E-state index in [-0.39, 0.29) is 0 Å². The van der Waals surface area contributed by atoms with Crippen LogP contribution in [0.1, 0.15) is 50.7 Å². The summed E-state index contributed by atoms with van der Waals surface area (Å²) in [6.07, 6.45) is 12.3. The minimum Gasteiger partial charge on any atom is -0.372 e. The minimum absolute atomic E-state index is 1.16. The summed E-state index contributed by atoms with van der Waals surface area (Å²) in [5.74, 6) is 0. The maximum atomic E-state index is 2.53. The summed E-state index contributed by atoms with van der Waals surface area (Å²) in [5.41, 5.74) is 9.18. The third-order valence-corrected chi connectivity index (χ3v) is 9.49. The zero-order chi connectivity index (χ0) is 34.2. The Morgan fingerprint density at radius 2 is 0.816 bits per heavy atom. The van der Waals surface area contributed by atoms with E-state index < -0.39 is 6.15 Å². The maximum absolute atomic E-state index is 2.53. The summed E-state index contributed by atoms with van der Waals surface area (Å²) >= 11 is 0. The van der Waals surface area contributed by atoms with E-state index in [1.807, 2.05) is 11.6 Å². The van der Waals surface area contributed by atoms with Crippen LogP contribution in [-0.2, 0) is 7.05 Å². The van der Waals surface area contributed by atoms with Gasteiger partial charge in [0.1, 0.15) is 13.2 Å². The number of rotatable bonds is 13. The fourth-order valence-electron chi connectivity index (χ4n) is 6.80. The highest BCUT2D eigenvalue weighted by Crippen LogP contribution is 2.18. The smallest absolute Gasteiger partial charge is 0.169 e. The van der Waals surface area contributed by atoms with E-state index in [2.05, 4.69) is 201 Å². The third-order valence-electron chi connectivity index (χ3n) is 9.49. The molecule has 3 heteroatoms. The van der Waals surface area contributed by atoms with Crippen LogP contribution in [0.5, 0.6) is 0 Å². The highest BCUT2D eigenvalue weighted by Gasteiger charge is 2.31. The Morgan fingerprint density at radius 1 is 0.469 bits per heavy atom. The predicted molar refractivity (Wildman–Crippen MR) is 215 cm³/mol. The van der Waals surface area contributed by atoms with Gasteiger partial charge in [0.15, 0.2) is 12.4 Å². The molecular weight excluding hydrogens is 591 g/mol. The molecule has 0 bridgehead atoms. The SMILES string of the molecule is CCCCN(CCCC)c1ccc(/C=C/c2cc[n+](C)cc2)cc1.c1ccc([B-](c2ccccc2)(c2ccccc2)c2ccccc2)cc1. The van der Waals surface area contributed by atoms with Crippen molar-refractivity contribution >= 4 is 45.8 Å². The molecule has 0 saturated heterocycles. The zero-order valence-corrected chi connectivity index (χ0v) is 29.5. The summed E-state index contributed by atoms with van der Waals surface area (Å²) in [6, 6.07) is 56.7. The quantitative estimate of drug-likeness (QED) is 0.0912. The van der Waals surface area contributed by atoms with Crippen LogP contribution in [0, 0.1) is 0 Å². The van der Waals surface area contributed by atoms with Crippen LogP contribution < -0.4 is 31.3 Å². The zero-order valence-electron chi connectivity index (χ0n) is 29.5. The van der Waals surface area contributed by atoms with E-state index in [0.29, 0.717) is 0 Å². The number of anilines is 1. The van der Waals surface area contributed by atoms with Gasteiger partial charge in [0.2, 0.25) is 0 Å². The van der Waals surface area contributed by atoms with Crippen molar-refractivity contribution in [3.05, 3.63) is 181 Å². The molecule has 0 N–H and O–H groups in total. The monoisotopic (exact) mass is 642 g/mol. The van der Waals surface area contributed by atoms with Crippen LogP contribution >= 0.6 is 0 Å². The van der Waals surface area contributed by atoms with Crippen molar-refractivity contribution in [1.82, 2.24) is 0 Å². The van der Waals surface area contributed by atoms with Crippen molar-refractivity contribution in [3.8, 4) is 0 Å². The lowest BCUT2D eigenvalue weighted by Gasteiger charge is -2.44. The lowest BCUT2D eigenvalue weighted by atomic mass is 9.13. The lowest BCUT2D eigenvalue weighted by Crippen LogP contribution is -2.74. The van der Waals surface area contributed by atoms with E-state index in [1.54, 1.807) is 0 Å². The molecule has 0 atom stereocenters. The highest BCUT2D eigenvalue weighted by molar-refractivity contribution is 7.19. The summed E-state index contributed by atoms with van der Waals surface area (Å²) in [4.78, 5) is 2.53. The Kier molecular flexibility index (Phi) is 13.2. The van der Waals surface area contributed by atoms with Gasteiger partial charge in [-0.2, -0.15) is 21.9 Å². The summed E-state index contributed by atoms with van der Waals surface area (Å²) < 4.78 is 2.05. The molecule has 0 spiro atoms. The van der Waals surface area contributed by atoms with Gasteiger partial charge in [-0.1, -0.05) is 172 Å². The molecule has 0 amide bonds. The topological polar surface area (TPSA) is 7.12 Å². The molecule has 0 aliphatic heterocycles. The number of nitrogens with zero attached hydrogens (tertiary/aromatic N) is 2. The molecule has 0 aliphatic carbocycles. The molecule has 2 nitrogen and oxygen atoms in total. The number of unbranched alkanes of at least 4 members (excludes halogenated alkanes) is 2. The van der Waals surface area contributed by atoms with Gasteiger partial charge < -0.3 is 4.90 Å². The fourth-order valence-corrected chi connectivity index (χ4v) is 6.80. The van der Waals surface area contributed by atoms with Crippen LogP contribution in [0.2, 0.25) is 0 Å². The van der Waals surface area contributed by atoms with E-state index in [1.165, 1.54) is 64.3 Å². The van der Waals surface area contributed by atoms with E-state index in [4.69, 9.17) is 0 Å². The first-order chi connectivity index (χ1) is 24.1. The number of aryl methyl sites for hydroxylation is 1. The number of hydrogen-bond acceptors (Lipinski definition) is 1. The van der Waals surface area contributed by atoms with Crippen molar-refractivity contribution in [2.45, 2.75) is 39.5 Å². The van der Waals surface area contributed by atoms with Gasteiger partial charge in [0, 0.05) is 30.9 Å². The number of pyridine rings is 1. The Bertz CT molecular complexity index is 1630. The highest BCUT2D eigenvalue weighted by atomic mass is 15.1. The van der Waals surface area contributed by atoms with Crippen LogP contribution in [-0.4, -0.2) is 19.2 Å². The maximum Gasteiger partial charge on any atom is 0.169 e. The molecule has 5 aromatic carbocycles. The van der Waals surface area contributed by atoms with Crippen molar-refractivity contribution < 1.29 is 4.57 Å². The molecule has 1 heterocycles. The lowest BCUT2D eigenvalue weighted by molar-refractivity contribution is -0.671. The van der Waals surface area contributed by atoms with Gasteiger partial charge in [-0.25, -0.2) is 4.57 Å². The van der Waals surface area contributed by atoms with Crippen LogP contribution in [0.15, 0.2) is 170 Å². The Hall–Kier alpha value is -5.15. The molecule has 248 valence electrons. The molecule has 1 aromatic heterocycles. The molecular formula is C46H51BN2. The normalized spacial score (nSPS) is 11.2. The molecule has 0 aliphatic rings. The largest absolute Gasteiger partial charge is 0.372 e. The average molecular weight is 643 g/mol. The second kappa shape index (κ2) is 18.4. The van der Waals surface area contributed by atoms with Crippen LogP contribution in [0.25, 0.3) is 12.2 Å². The van der Waals surface area contributed by atoms with Crippen molar-refractivity contribution in [2.75, 3.05) is 18.0 Å². The third kappa shape index (κ3) is 9.27. The van der Waals surface area contributed by atoms with E-state index >= 15 is 0 Å². The Morgan fingerprint density at radius 3 is 1.16 bits per heavy atom. The van der Waals surface area contributed by atoms with Gasteiger partial charge >= 0.3 is 0 Å². The first kappa shape index (κ1) is 35.2. The van der Waals surface area contributed by atoms with Crippen molar-refractivity contribution in [2.24, 2.45) is 7.05 Å². The standard InChI is InChI=1S/C24H20B.C22H31N2/c1-5-13-21(14-6-1)25(22-15-7-2-8-16-22,23-17-9-3-10-18-23)24-19-11-4-12-20-24;1-4-6-16-24(17-7-5-2)22-12-10-20(11-13-22)8-9-21-14-18-23(3)19-15-21/h1-20H;8-15,18-19H,4-7,16-17H2,1-3H3/q-1;+1. The molecule has 6 aromatic rings. The first-order valence-corrected chi connectivity index (χ1v) is 18.0. The summed E-state index contributed by atoms with van der Waals surface area (Å²) in [5, 5.41) is 0. The molecule has 6 rings (SSSR count). The van der Waals surface area contributed by atoms with Gasteiger partial charge in [0.25, 0.3) is 0 Å². The second-order valence-corrected chi connectivity index (χ2v) is 12.9. The summed E-state index contributed by atoms with van der Waals surface area (Å²) in [7, 11) is 2.04. The molecule has 0 radical (unpaired) electrons. The van der Waals surface area contributed by atoms with Gasteiger partial charge in [0.05, 0.1) is 0 Å². The van der Waals surface area contributed by atoms with Gasteiger partial charge in [-0.3, -0.25) is 0 Å². The van der Waals surface area contributed by atoms with Gasteiger partial charge in [-0.05, 0) is 36.1 Å². The molecule has 0 saturated carbocycles. The fraction of sp³-hybridized carbons (Fsp3) is 0.196. The molecule has 49 heavy (non-hydrogen) atoms. The van der Waals surface area contributed by atoms with E-state index in [9.17, 15) is 0 Å². The Labute approximate surface area is 295 Å². The first-order valence-electron chi connectivity index (χ1n) is 18.0. The number of hydrogen-bond donors (Lipinski definition) is 0. The predicted octanol–water partition coefficient (Wildman–Crippen LogP) is 8.15. The van der Waals surface area contributed by atoms with Crippen LogP contribution in [0.3, 0.4) is 0 Å². The Balaban J connectivity index is 0.000000191. The van der Waals surface area contributed by atoms with Crippen LogP contribution in [0.4, 0.5) is 5.69 Å². The summed E-state index contributed by atoms with van der Waals surface area (Å²) in [6.45, 7) is 6.84. The number of benzene rings is 5.